The van der Waals surface area contributed by atoms with E-state index in [-0.39, 0.29) is 12.2 Å². The molecular weight excluding hydrogens is 332 g/mol. The highest BCUT2D eigenvalue weighted by Gasteiger charge is 2.24. The van der Waals surface area contributed by atoms with E-state index in [1.807, 2.05) is 6.26 Å². The van der Waals surface area contributed by atoms with Gasteiger partial charge in [0.15, 0.2) is 10.9 Å². The van der Waals surface area contributed by atoms with Crippen LogP contribution in [-0.2, 0) is 16.6 Å². The van der Waals surface area contributed by atoms with Crippen molar-refractivity contribution in [3.8, 4) is 0 Å². The number of Topliss-reactive ketones (excluding diaryl/α,β-unsaturated/α-hetero) is 1. The minimum atomic E-state index is -0.592. The SMILES string of the molecule is CSc1nc(Br)c(C(=O)CC(=O)OC(C)(C)C)n1C. The molecule has 19 heavy (non-hydrogen) atoms. The Morgan fingerprint density at radius 2 is 2.00 bits per heavy atom. The van der Waals surface area contributed by atoms with Gasteiger partial charge in [-0.2, -0.15) is 0 Å². The zero-order valence-corrected chi connectivity index (χ0v) is 14.0. The number of carbonyl (C=O) groups is 2. The summed E-state index contributed by atoms with van der Waals surface area (Å²) in [5.74, 6) is -0.840. The fourth-order valence-electron chi connectivity index (χ4n) is 1.52. The third-order valence-corrected chi connectivity index (χ3v) is 3.47. The first-order valence-electron chi connectivity index (χ1n) is 5.67. The van der Waals surface area contributed by atoms with E-state index in [1.54, 1.807) is 32.4 Å². The van der Waals surface area contributed by atoms with Crippen LogP contribution >= 0.6 is 27.7 Å². The van der Waals surface area contributed by atoms with Crippen LogP contribution in [0.1, 0.15) is 37.7 Å². The number of nitrogens with zero attached hydrogens (tertiary/aromatic N) is 2. The Kier molecular flexibility index (Phi) is 5.20. The highest BCUT2D eigenvalue weighted by atomic mass is 79.9. The van der Waals surface area contributed by atoms with Gasteiger partial charge in [-0.1, -0.05) is 11.8 Å². The lowest BCUT2D eigenvalue weighted by Crippen LogP contribution is -2.25. The van der Waals surface area contributed by atoms with Crippen LogP contribution < -0.4 is 0 Å². The van der Waals surface area contributed by atoms with E-state index >= 15 is 0 Å². The Bertz CT molecular complexity index is 506. The quantitative estimate of drug-likeness (QED) is 0.362. The van der Waals surface area contributed by atoms with Crippen LogP contribution in [0.5, 0.6) is 0 Å². The van der Waals surface area contributed by atoms with Gasteiger partial charge < -0.3 is 9.30 Å². The van der Waals surface area contributed by atoms with E-state index in [9.17, 15) is 9.59 Å². The molecule has 0 spiro atoms. The van der Waals surface area contributed by atoms with Crippen molar-refractivity contribution in [2.24, 2.45) is 7.05 Å². The minimum absolute atomic E-state index is 0.288. The number of halogens is 1. The first kappa shape index (κ1) is 16.2. The molecule has 0 radical (unpaired) electrons. The van der Waals surface area contributed by atoms with Crippen molar-refractivity contribution in [1.82, 2.24) is 9.55 Å². The molecule has 0 aromatic carbocycles. The highest BCUT2D eigenvalue weighted by Crippen LogP contribution is 2.24. The Balaban J connectivity index is 2.85. The van der Waals surface area contributed by atoms with Crippen LogP contribution in [-0.4, -0.2) is 33.2 Å². The van der Waals surface area contributed by atoms with E-state index in [0.717, 1.165) is 0 Å². The zero-order valence-electron chi connectivity index (χ0n) is 11.6. The first-order valence-corrected chi connectivity index (χ1v) is 7.68. The van der Waals surface area contributed by atoms with Crippen LogP contribution in [0, 0.1) is 0 Å². The summed E-state index contributed by atoms with van der Waals surface area (Å²) in [5, 5.41) is 0.708. The van der Waals surface area contributed by atoms with Crippen LogP contribution in [0.15, 0.2) is 9.76 Å². The topological polar surface area (TPSA) is 61.2 Å². The molecule has 1 rings (SSSR count). The van der Waals surface area contributed by atoms with Gasteiger partial charge in [0.05, 0.1) is 0 Å². The van der Waals surface area contributed by atoms with E-state index in [0.29, 0.717) is 15.5 Å². The number of ether oxygens (including phenoxy) is 1. The van der Waals surface area contributed by atoms with Gasteiger partial charge in [0.25, 0.3) is 0 Å². The summed E-state index contributed by atoms with van der Waals surface area (Å²) in [7, 11) is 1.74. The van der Waals surface area contributed by atoms with Crippen molar-refractivity contribution in [3.05, 3.63) is 10.3 Å². The van der Waals surface area contributed by atoms with Crippen LogP contribution in [0.2, 0.25) is 0 Å². The standard InChI is InChI=1S/C12H17BrN2O3S/c1-12(2,3)18-8(17)6-7(16)9-10(13)14-11(19-5)15(9)4/h6H2,1-5H3. The Morgan fingerprint density at radius 1 is 1.42 bits per heavy atom. The van der Waals surface area contributed by atoms with Gasteiger partial charge in [-0.25, -0.2) is 4.98 Å². The van der Waals surface area contributed by atoms with Gasteiger partial charge in [0, 0.05) is 7.05 Å². The number of thioether (sulfide) groups is 1. The van der Waals surface area contributed by atoms with Gasteiger partial charge in [0.2, 0.25) is 0 Å². The summed E-state index contributed by atoms with van der Waals surface area (Å²) >= 11 is 4.67. The number of carbonyl (C=O) groups excluding carboxylic acids is 2. The molecule has 1 aromatic rings. The number of hydrogen-bond donors (Lipinski definition) is 0. The van der Waals surface area contributed by atoms with E-state index in [4.69, 9.17) is 4.74 Å². The molecule has 5 nitrogen and oxygen atoms in total. The molecule has 0 atom stereocenters. The fourth-order valence-corrected chi connectivity index (χ4v) is 2.84. The Hall–Kier alpha value is -0.820. The molecule has 106 valence electrons. The lowest BCUT2D eigenvalue weighted by molar-refractivity contribution is -0.153. The number of aromatic nitrogens is 2. The number of imidazole rings is 1. The lowest BCUT2D eigenvalue weighted by Gasteiger charge is -2.19. The van der Waals surface area contributed by atoms with Crippen molar-refractivity contribution in [2.75, 3.05) is 6.26 Å². The molecule has 0 bridgehead atoms. The van der Waals surface area contributed by atoms with Gasteiger partial charge >= 0.3 is 5.97 Å². The van der Waals surface area contributed by atoms with Gasteiger partial charge in [-0.15, -0.1) is 0 Å². The summed E-state index contributed by atoms with van der Waals surface area (Å²) in [4.78, 5) is 28.0. The fraction of sp³-hybridized carbons (Fsp3) is 0.583. The minimum Gasteiger partial charge on any atom is -0.460 e. The molecular formula is C12H17BrN2O3S. The van der Waals surface area contributed by atoms with Gasteiger partial charge in [0.1, 0.15) is 22.3 Å². The molecule has 0 fully saturated rings. The molecule has 0 aliphatic rings. The average Bonchev–Trinajstić information content (AvgIpc) is 2.50. The summed E-state index contributed by atoms with van der Waals surface area (Å²) in [6, 6.07) is 0. The third-order valence-electron chi connectivity index (χ3n) is 2.18. The zero-order chi connectivity index (χ0) is 14.8. The molecule has 0 N–H and O–H groups in total. The molecule has 0 amide bonds. The average molecular weight is 349 g/mol. The van der Waals surface area contributed by atoms with Crippen molar-refractivity contribution in [1.29, 1.82) is 0 Å². The van der Waals surface area contributed by atoms with E-state index in [2.05, 4.69) is 20.9 Å². The van der Waals surface area contributed by atoms with Crippen LogP contribution in [0.4, 0.5) is 0 Å². The summed E-state index contributed by atoms with van der Waals surface area (Å²) < 4.78 is 7.25. The Labute approximate surface area is 125 Å². The van der Waals surface area contributed by atoms with Crippen molar-refractivity contribution < 1.29 is 14.3 Å². The second-order valence-electron chi connectivity index (χ2n) is 4.98. The monoisotopic (exact) mass is 348 g/mol. The van der Waals surface area contributed by atoms with Crippen LogP contribution in [0.3, 0.4) is 0 Å². The maximum Gasteiger partial charge on any atom is 0.314 e. The van der Waals surface area contributed by atoms with Crippen LogP contribution in [0.25, 0.3) is 0 Å². The molecule has 1 aromatic heterocycles. The lowest BCUT2D eigenvalue weighted by atomic mass is 10.2. The molecule has 7 heteroatoms. The van der Waals surface area contributed by atoms with Crippen molar-refractivity contribution in [3.63, 3.8) is 0 Å². The summed E-state index contributed by atoms with van der Waals surface area (Å²) in [6.45, 7) is 5.30. The van der Waals surface area contributed by atoms with E-state index in [1.165, 1.54) is 11.8 Å². The maximum absolute atomic E-state index is 12.1. The number of hydrogen-bond acceptors (Lipinski definition) is 5. The number of rotatable bonds is 4. The predicted molar refractivity (Wildman–Crippen MR) is 77.5 cm³/mol. The second kappa shape index (κ2) is 6.09. The van der Waals surface area contributed by atoms with Crippen molar-refractivity contribution >= 4 is 39.4 Å². The molecule has 0 aliphatic carbocycles. The smallest absolute Gasteiger partial charge is 0.314 e. The molecule has 0 unspecified atom stereocenters. The van der Waals surface area contributed by atoms with Gasteiger partial charge in [-0.3, -0.25) is 9.59 Å². The van der Waals surface area contributed by atoms with Crippen molar-refractivity contribution in [2.45, 2.75) is 37.9 Å². The van der Waals surface area contributed by atoms with E-state index < -0.39 is 11.6 Å². The molecule has 0 aliphatic heterocycles. The Morgan fingerprint density at radius 3 is 2.42 bits per heavy atom. The normalized spacial score (nSPS) is 11.5. The first-order chi connectivity index (χ1) is 8.65. The predicted octanol–water partition coefficient (Wildman–Crippen LogP) is 2.82. The number of ketones is 1. The number of esters is 1. The highest BCUT2D eigenvalue weighted by molar-refractivity contribution is 9.10. The van der Waals surface area contributed by atoms with Gasteiger partial charge in [-0.05, 0) is 43.0 Å². The summed E-state index contributed by atoms with van der Waals surface area (Å²) in [6.07, 6.45) is 1.58. The maximum atomic E-state index is 12.1. The molecule has 1 heterocycles. The third kappa shape index (κ3) is 4.35. The summed E-state index contributed by atoms with van der Waals surface area (Å²) in [5.41, 5.74) is -0.207. The molecule has 0 saturated carbocycles. The molecule has 0 saturated heterocycles. The largest absolute Gasteiger partial charge is 0.460 e. The second-order valence-corrected chi connectivity index (χ2v) is 6.51.